The first-order valence-corrected chi connectivity index (χ1v) is 4.78. The molecule has 0 radical (unpaired) electrons. The fourth-order valence-electron chi connectivity index (χ4n) is 0.442. The van der Waals surface area contributed by atoms with Crippen molar-refractivity contribution in [2.75, 3.05) is 13.3 Å². The molecule has 0 aliphatic rings. The average molecular weight is 159 g/mol. The highest BCUT2D eigenvalue weighted by Gasteiger charge is 2.12. The van der Waals surface area contributed by atoms with Gasteiger partial charge in [0.05, 0.1) is 6.07 Å². The van der Waals surface area contributed by atoms with Gasteiger partial charge in [-0.05, 0) is 0 Å². The Morgan fingerprint density at radius 1 is 1.80 bits per heavy atom. The third-order valence-corrected chi connectivity index (χ3v) is 3.23. The summed E-state index contributed by atoms with van der Waals surface area (Å²) in [7, 11) is -1.22. The third kappa shape index (κ3) is 2.82. The number of hydrogen-bond donors (Lipinski definition) is 0. The fourth-order valence-corrected chi connectivity index (χ4v) is 1.33. The highest BCUT2D eigenvalue weighted by molar-refractivity contribution is 7.62. The maximum atomic E-state index is 11.2. The number of nitriles is 1. The van der Waals surface area contributed by atoms with Crippen LogP contribution in [0.2, 0.25) is 0 Å². The van der Waals surface area contributed by atoms with E-state index in [4.69, 9.17) is 9.79 Å². The second-order valence-electron chi connectivity index (χ2n) is 1.67. The van der Waals surface area contributed by atoms with Crippen molar-refractivity contribution in [3.8, 4) is 6.07 Å². The van der Waals surface area contributed by atoms with Crippen LogP contribution in [0.3, 0.4) is 0 Å². The van der Waals surface area contributed by atoms with Crippen LogP contribution >= 0.6 is 7.37 Å². The van der Waals surface area contributed by atoms with E-state index < -0.39 is 7.37 Å². The van der Waals surface area contributed by atoms with E-state index in [1.165, 1.54) is 19.0 Å². The Labute approximate surface area is 60.8 Å². The molecule has 0 aromatic heterocycles. The Kier molecular flexibility index (Phi) is 4.02. The fraction of sp³-hybridized carbons (Fsp3) is 0.500. The predicted molar refractivity (Wildman–Crippen MR) is 39.9 cm³/mol. The van der Waals surface area contributed by atoms with Crippen molar-refractivity contribution in [1.82, 2.24) is 0 Å². The summed E-state index contributed by atoms with van der Waals surface area (Å²) in [6, 6.07) is 1.76. The number of rotatable bonds is 3. The molecule has 0 amide bonds. The van der Waals surface area contributed by atoms with Crippen LogP contribution in [0.25, 0.3) is 0 Å². The first-order chi connectivity index (χ1) is 4.68. The molecule has 1 atom stereocenters. The van der Waals surface area contributed by atoms with E-state index >= 15 is 0 Å². The number of allylic oxidation sites excluding steroid dienone is 1. The molecule has 0 rings (SSSR count). The van der Waals surface area contributed by atoms with E-state index in [1.807, 2.05) is 0 Å². The lowest BCUT2D eigenvalue weighted by Crippen LogP contribution is -1.82. The lowest BCUT2D eigenvalue weighted by molar-refractivity contribution is 0.403. The lowest BCUT2D eigenvalue weighted by atomic mass is 10.7. The molecule has 0 aromatic carbocycles. The van der Waals surface area contributed by atoms with E-state index in [0.717, 1.165) is 0 Å². The zero-order chi connectivity index (χ0) is 8.04. The summed E-state index contributed by atoms with van der Waals surface area (Å²) in [6.07, 6.45) is 1.62. The second kappa shape index (κ2) is 4.27. The highest BCUT2D eigenvalue weighted by Crippen LogP contribution is 2.46. The van der Waals surface area contributed by atoms with E-state index in [1.54, 1.807) is 13.0 Å². The van der Waals surface area contributed by atoms with Crippen molar-refractivity contribution in [2.24, 2.45) is 0 Å². The Hall–Kier alpha value is -0.580. The molecular weight excluding hydrogens is 149 g/mol. The molecule has 0 spiro atoms. The zero-order valence-corrected chi connectivity index (χ0v) is 6.97. The van der Waals surface area contributed by atoms with Gasteiger partial charge in [-0.1, -0.05) is 6.92 Å². The molecule has 0 bridgehead atoms. The second-order valence-corrected chi connectivity index (χ2v) is 4.42. The molecule has 0 N–H and O–H groups in total. The summed E-state index contributed by atoms with van der Waals surface area (Å²) < 4.78 is 16.0. The maximum Gasteiger partial charge on any atom is 0.225 e. The topological polar surface area (TPSA) is 50.1 Å². The molecule has 3 nitrogen and oxygen atoms in total. The summed E-state index contributed by atoms with van der Waals surface area (Å²) >= 11 is 0. The first kappa shape index (κ1) is 9.42. The Balaban J connectivity index is 4.25. The van der Waals surface area contributed by atoms with Crippen LogP contribution in [-0.2, 0) is 9.09 Å². The Bertz CT molecular complexity index is 196. The van der Waals surface area contributed by atoms with Crippen molar-refractivity contribution in [2.45, 2.75) is 6.92 Å². The van der Waals surface area contributed by atoms with Crippen LogP contribution < -0.4 is 0 Å². The van der Waals surface area contributed by atoms with Crippen molar-refractivity contribution in [3.63, 3.8) is 0 Å². The van der Waals surface area contributed by atoms with Gasteiger partial charge >= 0.3 is 0 Å². The molecule has 4 heteroatoms. The molecule has 0 aliphatic carbocycles. The molecule has 56 valence electrons. The molecule has 0 heterocycles. The predicted octanol–water partition coefficient (Wildman–Crippen LogP) is 1.97. The Morgan fingerprint density at radius 2 is 2.40 bits per heavy atom. The minimum absolute atomic E-state index is 0.432. The van der Waals surface area contributed by atoms with E-state index in [0.29, 0.717) is 6.16 Å². The van der Waals surface area contributed by atoms with Crippen LogP contribution in [-0.4, -0.2) is 13.3 Å². The minimum Gasteiger partial charge on any atom is -0.329 e. The van der Waals surface area contributed by atoms with Gasteiger partial charge < -0.3 is 4.52 Å². The molecule has 0 fully saturated rings. The summed E-state index contributed by atoms with van der Waals surface area (Å²) in [5, 5.41) is 8.11. The van der Waals surface area contributed by atoms with Crippen LogP contribution in [0, 0.1) is 11.3 Å². The van der Waals surface area contributed by atoms with Gasteiger partial charge in [0.1, 0.15) is 0 Å². The van der Waals surface area contributed by atoms with Gasteiger partial charge in [0, 0.05) is 25.2 Å². The van der Waals surface area contributed by atoms with Crippen LogP contribution in [0.4, 0.5) is 0 Å². The van der Waals surface area contributed by atoms with Crippen LogP contribution in [0.15, 0.2) is 11.9 Å². The van der Waals surface area contributed by atoms with Crippen molar-refractivity contribution >= 4 is 7.37 Å². The monoisotopic (exact) mass is 159 g/mol. The summed E-state index contributed by atoms with van der Waals surface area (Å²) in [4.78, 5) is 0. The van der Waals surface area contributed by atoms with E-state index in [-0.39, 0.29) is 0 Å². The van der Waals surface area contributed by atoms with Crippen molar-refractivity contribution in [1.29, 1.82) is 5.26 Å². The molecule has 0 aliphatic heterocycles. The Morgan fingerprint density at radius 3 is 2.70 bits per heavy atom. The van der Waals surface area contributed by atoms with Gasteiger partial charge in [0.15, 0.2) is 0 Å². The van der Waals surface area contributed by atoms with Crippen LogP contribution in [0.1, 0.15) is 6.92 Å². The third-order valence-electron chi connectivity index (χ3n) is 1.13. The number of hydrogen-bond acceptors (Lipinski definition) is 3. The standard InChI is InChI=1S/C6H10NO2P/c1-3-10(8,9-2)6-4-5-7/h4,6H,3H2,1-2H3. The largest absolute Gasteiger partial charge is 0.329 e. The molecule has 0 aromatic rings. The molecular formula is C6H10NO2P. The summed E-state index contributed by atoms with van der Waals surface area (Å²) in [5.41, 5.74) is 0. The molecule has 0 saturated carbocycles. The van der Waals surface area contributed by atoms with E-state index in [2.05, 4.69) is 0 Å². The van der Waals surface area contributed by atoms with Gasteiger partial charge in [-0.15, -0.1) is 0 Å². The normalized spacial score (nSPS) is 16.5. The SMILES string of the molecule is CCP(=O)(C=CC#N)OC. The molecule has 1 unspecified atom stereocenters. The minimum atomic E-state index is -2.60. The zero-order valence-electron chi connectivity index (χ0n) is 6.07. The van der Waals surface area contributed by atoms with Gasteiger partial charge in [0.2, 0.25) is 7.37 Å². The van der Waals surface area contributed by atoms with Crippen molar-refractivity contribution in [3.05, 3.63) is 11.9 Å². The molecule has 0 saturated heterocycles. The van der Waals surface area contributed by atoms with Crippen LogP contribution in [0.5, 0.6) is 0 Å². The quantitative estimate of drug-likeness (QED) is 0.467. The average Bonchev–Trinajstić information content (AvgIpc) is 2.00. The maximum absolute atomic E-state index is 11.2. The van der Waals surface area contributed by atoms with Gasteiger partial charge in [0.25, 0.3) is 0 Å². The van der Waals surface area contributed by atoms with E-state index in [9.17, 15) is 4.57 Å². The number of nitrogens with zero attached hydrogens (tertiary/aromatic N) is 1. The van der Waals surface area contributed by atoms with Gasteiger partial charge in [-0.25, -0.2) is 0 Å². The summed E-state index contributed by atoms with van der Waals surface area (Å²) in [5.74, 6) is 1.33. The van der Waals surface area contributed by atoms with Crippen molar-refractivity contribution < 1.29 is 9.09 Å². The molecule has 10 heavy (non-hydrogen) atoms. The smallest absolute Gasteiger partial charge is 0.225 e. The van der Waals surface area contributed by atoms with Gasteiger partial charge in [-0.2, -0.15) is 5.26 Å². The van der Waals surface area contributed by atoms with Gasteiger partial charge in [-0.3, -0.25) is 4.57 Å². The summed E-state index contributed by atoms with van der Waals surface area (Å²) in [6.45, 7) is 1.76. The first-order valence-electron chi connectivity index (χ1n) is 2.90. The highest BCUT2D eigenvalue weighted by atomic mass is 31.2. The lowest BCUT2D eigenvalue weighted by Gasteiger charge is -2.06.